The number of guanidine groups is 1. The van der Waals surface area contributed by atoms with Crippen LogP contribution < -0.4 is 20.4 Å². The third-order valence-corrected chi connectivity index (χ3v) is 3.70. The first-order valence-corrected chi connectivity index (χ1v) is 7.30. The highest BCUT2D eigenvalue weighted by atomic mass is 16.6. The number of likely N-dealkylation sites (N-methyl/N-ethyl adjacent to an activating group) is 1. The smallest absolute Gasteiger partial charge is 0.244 e. The number of ether oxygens (including phenoxy) is 1. The van der Waals surface area contributed by atoms with E-state index in [0.29, 0.717) is 24.5 Å². The zero-order valence-electron chi connectivity index (χ0n) is 12.8. The van der Waals surface area contributed by atoms with E-state index in [4.69, 9.17) is 4.74 Å². The van der Waals surface area contributed by atoms with Crippen molar-refractivity contribution in [2.24, 2.45) is 4.99 Å². The number of benzene rings is 1. The Labute approximate surface area is 129 Å². The minimum Gasteiger partial charge on any atom is -0.493 e. The van der Waals surface area contributed by atoms with E-state index < -0.39 is 0 Å². The van der Waals surface area contributed by atoms with Crippen molar-refractivity contribution < 1.29 is 15.2 Å². The van der Waals surface area contributed by atoms with Gasteiger partial charge in [-0.1, -0.05) is 0 Å². The molecule has 0 amide bonds. The Balaban J connectivity index is 1.91. The molecule has 2 heterocycles. The van der Waals surface area contributed by atoms with Crippen LogP contribution in [0, 0.1) is 0 Å². The Kier molecular flexibility index (Phi) is 4.06. The number of nitrogens with one attached hydrogen (secondary N) is 1. The van der Waals surface area contributed by atoms with Crippen molar-refractivity contribution in [3.63, 3.8) is 0 Å². The molecule has 0 saturated heterocycles. The summed E-state index contributed by atoms with van der Waals surface area (Å²) in [5, 5.41) is 22.5. The molecule has 0 aliphatic carbocycles. The number of fused-ring (bicyclic) bond motifs is 3. The molecule has 1 aromatic carbocycles. The van der Waals surface area contributed by atoms with Gasteiger partial charge in [0.15, 0.2) is 0 Å². The second kappa shape index (κ2) is 5.99. The number of aliphatic imine (C=N–C) groups is 1. The summed E-state index contributed by atoms with van der Waals surface area (Å²) in [5.41, 5.74) is 4.55. The molecular weight excluding hydrogens is 286 g/mol. The van der Waals surface area contributed by atoms with Gasteiger partial charge in [0.2, 0.25) is 5.96 Å². The molecule has 8 nitrogen and oxygen atoms in total. The average molecular weight is 307 g/mol. The predicted molar refractivity (Wildman–Crippen MR) is 82.8 cm³/mol. The fourth-order valence-corrected chi connectivity index (χ4v) is 2.59. The number of hydrazine groups is 1. The molecule has 1 aromatic rings. The molecule has 22 heavy (non-hydrogen) atoms. The lowest BCUT2D eigenvalue weighted by Crippen LogP contribution is -2.53. The molecule has 8 heteroatoms. The van der Waals surface area contributed by atoms with Crippen LogP contribution in [-0.4, -0.2) is 55.1 Å². The van der Waals surface area contributed by atoms with Crippen molar-refractivity contribution in [3.05, 3.63) is 17.7 Å². The fraction of sp³-hybridized carbons (Fsp3) is 0.500. The normalized spacial score (nSPS) is 18.9. The van der Waals surface area contributed by atoms with Crippen LogP contribution in [0.5, 0.6) is 5.75 Å². The van der Waals surface area contributed by atoms with Crippen molar-refractivity contribution in [2.75, 3.05) is 44.0 Å². The molecule has 0 unspecified atom stereocenters. The summed E-state index contributed by atoms with van der Waals surface area (Å²) in [7, 11) is 3.90. The lowest BCUT2D eigenvalue weighted by Gasteiger charge is -2.35. The first kappa shape index (κ1) is 14.9. The average Bonchev–Trinajstić information content (AvgIpc) is 2.50. The Morgan fingerprint density at radius 3 is 2.95 bits per heavy atom. The monoisotopic (exact) mass is 307 g/mol. The number of hydrogen-bond donors (Lipinski definition) is 3. The third-order valence-electron chi connectivity index (χ3n) is 3.70. The van der Waals surface area contributed by atoms with Crippen molar-refractivity contribution in [1.82, 2.24) is 10.3 Å². The van der Waals surface area contributed by atoms with Gasteiger partial charge in [0.1, 0.15) is 17.1 Å². The quantitative estimate of drug-likeness (QED) is 0.763. The van der Waals surface area contributed by atoms with Gasteiger partial charge in [-0.25, -0.2) is 10.4 Å². The Morgan fingerprint density at radius 1 is 1.36 bits per heavy atom. The van der Waals surface area contributed by atoms with Crippen LogP contribution in [0.15, 0.2) is 17.1 Å². The van der Waals surface area contributed by atoms with Crippen molar-refractivity contribution >= 4 is 17.3 Å². The number of hydrogen-bond acceptors (Lipinski definition) is 6. The van der Waals surface area contributed by atoms with E-state index in [2.05, 4.69) is 10.4 Å². The van der Waals surface area contributed by atoms with Crippen LogP contribution in [0.25, 0.3) is 0 Å². The zero-order chi connectivity index (χ0) is 15.7. The van der Waals surface area contributed by atoms with Gasteiger partial charge >= 0.3 is 0 Å². The zero-order valence-corrected chi connectivity index (χ0v) is 12.8. The summed E-state index contributed by atoms with van der Waals surface area (Å²) in [5.74, 6) is 0.931. The van der Waals surface area contributed by atoms with Gasteiger partial charge in [-0.2, -0.15) is 10.2 Å². The highest BCUT2D eigenvalue weighted by Gasteiger charge is 2.31. The number of hydroxylamine groups is 1. The van der Waals surface area contributed by atoms with E-state index in [0.717, 1.165) is 40.9 Å². The number of anilines is 2. The van der Waals surface area contributed by atoms with Crippen LogP contribution in [0.3, 0.4) is 0 Å². The van der Waals surface area contributed by atoms with Gasteiger partial charge in [0.05, 0.1) is 13.2 Å². The minimum atomic E-state index is 0.188. The van der Waals surface area contributed by atoms with E-state index in [-0.39, 0.29) is 5.96 Å². The first-order valence-electron chi connectivity index (χ1n) is 7.30. The maximum atomic E-state index is 10.4. The Bertz CT molecular complexity index is 590. The standard InChI is InChI=1S/C14H21N5O3/c1-17(2)8-7-15-14-16-19(21)13-10-4-3-9-22-12(10)6-5-11(13)18(14)20/h5-6,20-21H,3-4,7-9H2,1-2H3,(H,15,16). The topological polar surface area (TPSA) is 83.8 Å². The van der Waals surface area contributed by atoms with Gasteiger partial charge in [-0.3, -0.25) is 10.4 Å². The van der Waals surface area contributed by atoms with Gasteiger partial charge < -0.3 is 9.64 Å². The largest absolute Gasteiger partial charge is 0.493 e. The maximum Gasteiger partial charge on any atom is 0.244 e. The third kappa shape index (κ3) is 2.68. The second-order valence-corrected chi connectivity index (χ2v) is 5.61. The molecule has 0 aromatic heterocycles. The molecule has 0 saturated carbocycles. The number of rotatable bonds is 3. The van der Waals surface area contributed by atoms with Crippen molar-refractivity contribution in [2.45, 2.75) is 12.8 Å². The van der Waals surface area contributed by atoms with Crippen molar-refractivity contribution in [3.8, 4) is 5.75 Å². The highest BCUT2D eigenvalue weighted by Crippen LogP contribution is 2.41. The SMILES string of the molecule is CN(C)CCN=C1NN(O)c2c(ccc3c2CCCO3)N1O. The van der Waals surface area contributed by atoms with E-state index in [1.165, 1.54) is 0 Å². The highest BCUT2D eigenvalue weighted by molar-refractivity contribution is 6.01. The van der Waals surface area contributed by atoms with Gasteiger partial charge in [-0.15, -0.1) is 0 Å². The maximum absolute atomic E-state index is 10.4. The van der Waals surface area contributed by atoms with E-state index >= 15 is 0 Å². The lowest BCUT2D eigenvalue weighted by molar-refractivity contribution is 0.213. The summed E-state index contributed by atoms with van der Waals surface area (Å²) < 4.78 is 5.59. The molecule has 2 aliphatic rings. The summed E-state index contributed by atoms with van der Waals surface area (Å²) in [6, 6.07) is 3.53. The number of nitrogens with zero attached hydrogens (tertiary/aromatic N) is 4. The molecule has 0 atom stereocenters. The molecule has 3 N–H and O–H groups in total. The summed E-state index contributed by atoms with van der Waals surface area (Å²) in [4.78, 5) is 6.27. The molecule has 0 radical (unpaired) electrons. The van der Waals surface area contributed by atoms with Gasteiger partial charge in [0, 0.05) is 12.1 Å². The van der Waals surface area contributed by atoms with Crippen LogP contribution >= 0.6 is 0 Å². The van der Waals surface area contributed by atoms with Crippen LogP contribution in [0.2, 0.25) is 0 Å². The van der Waals surface area contributed by atoms with Crippen molar-refractivity contribution in [1.29, 1.82) is 0 Å². The second-order valence-electron chi connectivity index (χ2n) is 5.61. The Hall–Kier alpha value is -2.03. The molecular formula is C14H21N5O3. The molecule has 2 aliphatic heterocycles. The van der Waals surface area contributed by atoms with Crippen LogP contribution in [-0.2, 0) is 6.42 Å². The summed E-state index contributed by atoms with van der Waals surface area (Å²) >= 11 is 0. The van der Waals surface area contributed by atoms with E-state index in [9.17, 15) is 10.4 Å². The van der Waals surface area contributed by atoms with E-state index in [1.54, 1.807) is 6.07 Å². The summed E-state index contributed by atoms with van der Waals surface area (Å²) in [6.45, 7) is 1.92. The van der Waals surface area contributed by atoms with E-state index in [1.807, 2.05) is 25.1 Å². The summed E-state index contributed by atoms with van der Waals surface area (Å²) in [6.07, 6.45) is 1.67. The molecule has 0 spiro atoms. The molecule has 120 valence electrons. The fourth-order valence-electron chi connectivity index (χ4n) is 2.59. The Morgan fingerprint density at radius 2 is 2.18 bits per heavy atom. The first-order chi connectivity index (χ1) is 10.6. The minimum absolute atomic E-state index is 0.188. The predicted octanol–water partition coefficient (Wildman–Crippen LogP) is 0.839. The van der Waals surface area contributed by atoms with Gasteiger partial charge in [0.25, 0.3) is 0 Å². The molecule has 3 rings (SSSR count). The lowest BCUT2D eigenvalue weighted by atomic mass is 10.0. The van der Waals surface area contributed by atoms with Crippen LogP contribution in [0.1, 0.15) is 12.0 Å². The molecule has 0 fully saturated rings. The molecule has 0 bridgehead atoms. The van der Waals surface area contributed by atoms with Gasteiger partial charge in [-0.05, 0) is 39.1 Å². The van der Waals surface area contributed by atoms with Crippen LogP contribution in [0.4, 0.5) is 11.4 Å².